The van der Waals surface area contributed by atoms with Gasteiger partial charge in [-0.15, -0.1) is 0 Å². The van der Waals surface area contributed by atoms with Crippen LogP contribution >= 0.6 is 11.6 Å². The van der Waals surface area contributed by atoms with Crippen LogP contribution in [0.25, 0.3) is 0 Å². The average Bonchev–Trinajstić information content (AvgIpc) is 3.15. The van der Waals surface area contributed by atoms with Crippen molar-refractivity contribution in [1.82, 2.24) is 4.90 Å². The molecule has 0 aromatic heterocycles. The van der Waals surface area contributed by atoms with Crippen molar-refractivity contribution in [3.05, 3.63) is 125 Å². The predicted molar refractivity (Wildman–Crippen MR) is 138 cm³/mol. The van der Waals surface area contributed by atoms with Crippen LogP contribution in [0.5, 0.6) is 11.5 Å². The fourth-order valence-corrected chi connectivity index (χ4v) is 4.28. The number of carbonyl (C=O) groups excluding carboxylic acids is 3. The number of ether oxygens (including phenoxy) is 1. The molecule has 36 heavy (non-hydrogen) atoms. The number of anilines is 1. The van der Waals surface area contributed by atoms with E-state index in [0.29, 0.717) is 38.9 Å². The van der Waals surface area contributed by atoms with E-state index in [1.807, 2.05) is 30.3 Å². The average molecular weight is 497 g/mol. The molecule has 5 rings (SSSR count). The quantitative estimate of drug-likeness (QED) is 0.291. The molecule has 7 heteroatoms. The standard InChI is InChI=1S/C29H21ClN2O4/c30-21-8-6-7-20(19-21)27(33)31(17-18-32-28(34)25-11-4-5-12-26(25)29(32)35)22-13-15-24(16-14-22)36-23-9-2-1-3-10-23/h1-16,19H,17-18H2. The number of rotatable bonds is 7. The van der Waals surface area contributed by atoms with Gasteiger partial charge in [-0.05, 0) is 66.7 Å². The summed E-state index contributed by atoms with van der Waals surface area (Å²) in [6, 6.07) is 29.8. The summed E-state index contributed by atoms with van der Waals surface area (Å²) in [5.41, 5.74) is 1.74. The molecular formula is C29H21ClN2O4. The number of nitrogens with zero attached hydrogens (tertiary/aromatic N) is 2. The molecule has 0 saturated carbocycles. The Bertz CT molecular complexity index is 1400. The zero-order valence-electron chi connectivity index (χ0n) is 19.1. The first-order valence-corrected chi connectivity index (χ1v) is 11.7. The second-order valence-corrected chi connectivity index (χ2v) is 8.62. The van der Waals surface area contributed by atoms with E-state index in [1.165, 1.54) is 9.80 Å². The van der Waals surface area contributed by atoms with Gasteiger partial charge in [0.05, 0.1) is 11.1 Å². The largest absolute Gasteiger partial charge is 0.457 e. The van der Waals surface area contributed by atoms with Gasteiger partial charge in [0.15, 0.2) is 0 Å². The Morgan fingerprint density at radius 1 is 0.750 bits per heavy atom. The van der Waals surface area contributed by atoms with Crippen LogP contribution in [0.4, 0.5) is 5.69 Å². The van der Waals surface area contributed by atoms with Crippen LogP contribution in [0.15, 0.2) is 103 Å². The lowest BCUT2D eigenvalue weighted by Gasteiger charge is -2.25. The Morgan fingerprint density at radius 3 is 2.00 bits per heavy atom. The predicted octanol–water partition coefficient (Wildman–Crippen LogP) is 6.08. The number of amides is 3. The number of carbonyl (C=O) groups is 3. The SMILES string of the molecule is O=C1c2ccccc2C(=O)N1CCN(C(=O)c1cccc(Cl)c1)c1ccc(Oc2ccccc2)cc1. The van der Waals surface area contributed by atoms with Crippen LogP contribution < -0.4 is 9.64 Å². The molecule has 0 spiro atoms. The Kier molecular flexibility index (Phi) is 6.52. The highest BCUT2D eigenvalue weighted by Crippen LogP contribution is 2.27. The Balaban J connectivity index is 1.40. The van der Waals surface area contributed by atoms with Crippen LogP contribution in [0.2, 0.25) is 5.02 Å². The summed E-state index contributed by atoms with van der Waals surface area (Å²) >= 11 is 6.12. The van der Waals surface area contributed by atoms with Gasteiger partial charge in [-0.3, -0.25) is 19.3 Å². The third-order valence-electron chi connectivity index (χ3n) is 5.87. The Morgan fingerprint density at radius 2 is 1.36 bits per heavy atom. The maximum atomic E-state index is 13.5. The summed E-state index contributed by atoms with van der Waals surface area (Å²) in [4.78, 5) is 41.9. The fraction of sp³-hybridized carbons (Fsp3) is 0.0690. The number of hydrogen-bond donors (Lipinski definition) is 0. The number of fused-ring (bicyclic) bond motifs is 1. The van der Waals surface area contributed by atoms with Crippen LogP contribution in [0.1, 0.15) is 31.1 Å². The van der Waals surface area contributed by atoms with E-state index in [1.54, 1.807) is 72.8 Å². The minimum absolute atomic E-state index is 0.0426. The number of imide groups is 1. The first-order chi connectivity index (χ1) is 17.5. The van der Waals surface area contributed by atoms with E-state index in [0.717, 1.165) is 0 Å². The number of para-hydroxylation sites is 1. The van der Waals surface area contributed by atoms with Crippen molar-refractivity contribution in [1.29, 1.82) is 0 Å². The monoisotopic (exact) mass is 496 g/mol. The van der Waals surface area contributed by atoms with Crippen molar-refractivity contribution >= 4 is 35.0 Å². The van der Waals surface area contributed by atoms with Crippen LogP contribution in [-0.2, 0) is 0 Å². The minimum Gasteiger partial charge on any atom is -0.457 e. The Hall–Kier alpha value is -4.42. The summed E-state index contributed by atoms with van der Waals surface area (Å²) in [7, 11) is 0. The first kappa shape index (κ1) is 23.3. The molecule has 4 aromatic carbocycles. The van der Waals surface area contributed by atoms with Crippen molar-refractivity contribution in [2.24, 2.45) is 0 Å². The number of hydrogen-bond acceptors (Lipinski definition) is 4. The molecule has 0 saturated heterocycles. The fourth-order valence-electron chi connectivity index (χ4n) is 4.09. The zero-order valence-corrected chi connectivity index (χ0v) is 19.9. The Labute approximate surface area is 213 Å². The molecule has 0 radical (unpaired) electrons. The van der Waals surface area contributed by atoms with Gasteiger partial charge in [0.2, 0.25) is 0 Å². The molecule has 1 aliphatic heterocycles. The summed E-state index contributed by atoms with van der Waals surface area (Å²) in [6.07, 6.45) is 0. The van der Waals surface area contributed by atoms with Gasteiger partial charge < -0.3 is 9.64 Å². The van der Waals surface area contributed by atoms with E-state index < -0.39 is 0 Å². The van der Waals surface area contributed by atoms with Crippen LogP contribution in [0.3, 0.4) is 0 Å². The molecule has 1 aliphatic rings. The van der Waals surface area contributed by atoms with Gasteiger partial charge in [-0.1, -0.05) is 48.0 Å². The molecule has 6 nitrogen and oxygen atoms in total. The van der Waals surface area contributed by atoms with Crippen LogP contribution in [0, 0.1) is 0 Å². The summed E-state index contributed by atoms with van der Waals surface area (Å²) in [6.45, 7) is 0.149. The molecule has 4 aromatic rings. The van der Waals surface area contributed by atoms with Crippen molar-refractivity contribution in [2.45, 2.75) is 0 Å². The third kappa shape index (κ3) is 4.72. The second-order valence-electron chi connectivity index (χ2n) is 8.18. The summed E-state index contributed by atoms with van der Waals surface area (Å²) in [5.74, 6) is 0.281. The molecule has 0 atom stereocenters. The second kappa shape index (κ2) is 10.1. The van der Waals surface area contributed by atoms with Gasteiger partial charge in [-0.25, -0.2) is 0 Å². The zero-order chi connectivity index (χ0) is 25.1. The lowest BCUT2D eigenvalue weighted by Crippen LogP contribution is -2.41. The molecule has 0 aliphatic carbocycles. The molecule has 0 bridgehead atoms. The maximum Gasteiger partial charge on any atom is 0.261 e. The minimum atomic E-state index is -0.364. The molecule has 0 N–H and O–H groups in total. The lowest BCUT2D eigenvalue weighted by molar-refractivity contribution is 0.0654. The van der Waals surface area contributed by atoms with Gasteiger partial charge in [0.25, 0.3) is 17.7 Å². The highest BCUT2D eigenvalue weighted by molar-refractivity contribution is 6.31. The summed E-state index contributed by atoms with van der Waals surface area (Å²) in [5, 5.41) is 0.438. The number of halogens is 1. The highest BCUT2D eigenvalue weighted by atomic mass is 35.5. The van der Waals surface area contributed by atoms with Crippen molar-refractivity contribution < 1.29 is 19.1 Å². The van der Waals surface area contributed by atoms with Gasteiger partial charge >= 0.3 is 0 Å². The van der Waals surface area contributed by atoms with Crippen molar-refractivity contribution in [3.8, 4) is 11.5 Å². The smallest absolute Gasteiger partial charge is 0.261 e. The van der Waals surface area contributed by atoms with Crippen LogP contribution in [-0.4, -0.2) is 35.7 Å². The highest BCUT2D eigenvalue weighted by Gasteiger charge is 2.35. The lowest BCUT2D eigenvalue weighted by atomic mass is 10.1. The van der Waals surface area contributed by atoms with E-state index in [9.17, 15) is 14.4 Å². The molecular weight excluding hydrogens is 476 g/mol. The topological polar surface area (TPSA) is 66.9 Å². The normalized spacial score (nSPS) is 12.4. The van der Waals surface area contributed by atoms with Gasteiger partial charge in [-0.2, -0.15) is 0 Å². The third-order valence-corrected chi connectivity index (χ3v) is 6.10. The molecule has 178 valence electrons. The van der Waals surface area contributed by atoms with Gasteiger partial charge in [0.1, 0.15) is 11.5 Å². The van der Waals surface area contributed by atoms with Crippen molar-refractivity contribution in [2.75, 3.05) is 18.0 Å². The van der Waals surface area contributed by atoms with Gasteiger partial charge in [0, 0.05) is 29.4 Å². The molecule has 3 amide bonds. The van der Waals surface area contributed by atoms with Crippen molar-refractivity contribution in [3.63, 3.8) is 0 Å². The molecule has 1 heterocycles. The number of benzene rings is 4. The van der Waals surface area contributed by atoms with E-state index >= 15 is 0 Å². The van der Waals surface area contributed by atoms with E-state index in [4.69, 9.17) is 16.3 Å². The van der Waals surface area contributed by atoms with E-state index in [2.05, 4.69) is 0 Å². The summed E-state index contributed by atoms with van der Waals surface area (Å²) < 4.78 is 5.86. The van der Waals surface area contributed by atoms with E-state index in [-0.39, 0.29) is 30.8 Å². The maximum absolute atomic E-state index is 13.5. The first-order valence-electron chi connectivity index (χ1n) is 11.4. The molecule has 0 unspecified atom stereocenters. The molecule has 0 fully saturated rings.